The molecule has 0 saturated carbocycles. The van der Waals surface area contributed by atoms with Crippen LogP contribution >= 0.6 is 0 Å². The van der Waals surface area contributed by atoms with Gasteiger partial charge in [0, 0.05) is 31.5 Å². The van der Waals surface area contributed by atoms with E-state index >= 15 is 0 Å². The van der Waals surface area contributed by atoms with Crippen molar-refractivity contribution in [1.29, 1.82) is 0 Å². The Hall–Kier alpha value is -2.30. The van der Waals surface area contributed by atoms with Gasteiger partial charge in [-0.15, -0.1) is 0 Å². The van der Waals surface area contributed by atoms with E-state index in [-0.39, 0.29) is 5.91 Å². The van der Waals surface area contributed by atoms with Crippen molar-refractivity contribution >= 4 is 11.6 Å². The van der Waals surface area contributed by atoms with Gasteiger partial charge in [0.1, 0.15) is 0 Å². The number of nitrogens with one attached hydrogen (secondary N) is 2. The topological polar surface area (TPSA) is 61.0 Å². The van der Waals surface area contributed by atoms with Gasteiger partial charge in [0.15, 0.2) is 0 Å². The molecule has 1 amide bonds. The zero-order valence-electron chi connectivity index (χ0n) is 10.5. The number of aromatic amines is 1. The molecule has 1 heterocycles. The van der Waals surface area contributed by atoms with Crippen LogP contribution < -0.4 is 5.32 Å². The van der Waals surface area contributed by atoms with Gasteiger partial charge in [-0.1, -0.05) is 0 Å². The molecule has 2 aromatic rings. The molecule has 0 aliphatic carbocycles. The second-order valence-corrected chi connectivity index (χ2v) is 4.21. The number of nitrogens with zero attached hydrogens (tertiary/aromatic N) is 2. The zero-order chi connectivity index (χ0) is 13.0. The molecule has 0 aliphatic heterocycles. The first kappa shape index (κ1) is 12.2. The number of hydrogen-bond acceptors (Lipinski definition) is 3. The van der Waals surface area contributed by atoms with E-state index in [0.717, 1.165) is 11.4 Å². The first-order valence-electron chi connectivity index (χ1n) is 5.70. The molecule has 0 aliphatic rings. The standard InChI is InChI=1S/C13H16N4O/c1-17(2)13(18)10-3-5-11(6-4-10)14-9-12-7-8-15-16-12/h3-8,14H,9H2,1-2H3,(H,15,16). The third kappa shape index (κ3) is 2.88. The summed E-state index contributed by atoms with van der Waals surface area (Å²) in [5, 5.41) is 10.0. The minimum Gasteiger partial charge on any atom is -0.379 e. The summed E-state index contributed by atoms with van der Waals surface area (Å²) in [5.74, 6) is 0.00937. The van der Waals surface area contributed by atoms with Crippen LogP contribution in [0.4, 0.5) is 5.69 Å². The first-order valence-corrected chi connectivity index (χ1v) is 5.70. The summed E-state index contributed by atoms with van der Waals surface area (Å²) < 4.78 is 0. The molecule has 0 unspecified atom stereocenters. The van der Waals surface area contributed by atoms with E-state index in [1.165, 1.54) is 0 Å². The highest BCUT2D eigenvalue weighted by molar-refractivity contribution is 5.94. The molecule has 18 heavy (non-hydrogen) atoms. The molecular weight excluding hydrogens is 228 g/mol. The second-order valence-electron chi connectivity index (χ2n) is 4.21. The molecule has 0 saturated heterocycles. The smallest absolute Gasteiger partial charge is 0.253 e. The van der Waals surface area contributed by atoms with Gasteiger partial charge in [-0.25, -0.2) is 0 Å². The number of hydrogen-bond donors (Lipinski definition) is 2. The van der Waals surface area contributed by atoms with Gasteiger partial charge in [0.2, 0.25) is 0 Å². The summed E-state index contributed by atoms with van der Waals surface area (Å²) in [6.07, 6.45) is 1.72. The fraction of sp³-hybridized carbons (Fsp3) is 0.231. The summed E-state index contributed by atoms with van der Waals surface area (Å²) in [6.45, 7) is 0.682. The number of amides is 1. The van der Waals surface area contributed by atoms with Crippen molar-refractivity contribution in [1.82, 2.24) is 15.1 Å². The molecule has 5 nitrogen and oxygen atoms in total. The lowest BCUT2D eigenvalue weighted by Crippen LogP contribution is -2.21. The normalized spacial score (nSPS) is 10.1. The van der Waals surface area contributed by atoms with E-state index in [0.29, 0.717) is 12.1 Å². The molecule has 0 fully saturated rings. The number of H-pyrrole nitrogens is 1. The summed E-state index contributed by atoms with van der Waals surface area (Å²) in [4.78, 5) is 13.3. The molecule has 0 atom stereocenters. The van der Waals surface area contributed by atoms with E-state index in [2.05, 4.69) is 15.5 Å². The van der Waals surface area contributed by atoms with Gasteiger partial charge in [0.25, 0.3) is 5.91 Å². The number of rotatable bonds is 4. The molecule has 0 bridgehead atoms. The maximum absolute atomic E-state index is 11.7. The van der Waals surface area contributed by atoms with Crippen molar-refractivity contribution in [2.45, 2.75) is 6.54 Å². The van der Waals surface area contributed by atoms with Gasteiger partial charge in [-0.2, -0.15) is 5.10 Å². The van der Waals surface area contributed by atoms with E-state index in [1.807, 2.05) is 30.3 Å². The molecule has 2 N–H and O–H groups in total. The Morgan fingerprint density at radius 2 is 2.00 bits per heavy atom. The predicted octanol–water partition coefficient (Wildman–Crippen LogP) is 1.72. The van der Waals surface area contributed by atoms with Crippen molar-refractivity contribution < 1.29 is 4.79 Å². The molecule has 0 radical (unpaired) electrons. The predicted molar refractivity (Wildman–Crippen MR) is 70.4 cm³/mol. The number of carbonyl (C=O) groups is 1. The van der Waals surface area contributed by atoms with Crippen LogP contribution in [0.15, 0.2) is 36.5 Å². The number of benzene rings is 1. The van der Waals surface area contributed by atoms with Gasteiger partial charge in [-0.3, -0.25) is 9.89 Å². The lowest BCUT2D eigenvalue weighted by molar-refractivity contribution is 0.0827. The Kier molecular flexibility index (Phi) is 3.62. The highest BCUT2D eigenvalue weighted by Gasteiger charge is 2.06. The summed E-state index contributed by atoms with van der Waals surface area (Å²) >= 11 is 0. The van der Waals surface area contributed by atoms with Crippen molar-refractivity contribution in [3.8, 4) is 0 Å². The van der Waals surface area contributed by atoms with Crippen LogP contribution in [0.2, 0.25) is 0 Å². The zero-order valence-corrected chi connectivity index (χ0v) is 10.5. The van der Waals surface area contributed by atoms with Crippen LogP contribution in [0.3, 0.4) is 0 Å². The molecule has 1 aromatic carbocycles. The van der Waals surface area contributed by atoms with Gasteiger partial charge < -0.3 is 10.2 Å². The van der Waals surface area contributed by atoms with Gasteiger partial charge in [-0.05, 0) is 30.3 Å². The molecule has 5 heteroatoms. The van der Waals surface area contributed by atoms with Crippen molar-refractivity contribution in [2.24, 2.45) is 0 Å². The Morgan fingerprint density at radius 1 is 1.28 bits per heavy atom. The van der Waals surface area contributed by atoms with Crippen LogP contribution in [0, 0.1) is 0 Å². The largest absolute Gasteiger partial charge is 0.379 e. The SMILES string of the molecule is CN(C)C(=O)c1ccc(NCc2ccn[nH]2)cc1. The minimum atomic E-state index is 0.00937. The van der Waals surface area contributed by atoms with E-state index in [9.17, 15) is 4.79 Å². The van der Waals surface area contributed by atoms with Crippen LogP contribution in [-0.2, 0) is 6.54 Å². The van der Waals surface area contributed by atoms with E-state index in [1.54, 1.807) is 25.2 Å². The van der Waals surface area contributed by atoms with Crippen LogP contribution in [0.1, 0.15) is 16.1 Å². The Morgan fingerprint density at radius 3 is 2.56 bits per heavy atom. The highest BCUT2D eigenvalue weighted by atomic mass is 16.2. The average molecular weight is 244 g/mol. The Labute approximate surface area is 106 Å². The first-order chi connectivity index (χ1) is 8.66. The maximum atomic E-state index is 11.7. The van der Waals surface area contributed by atoms with Crippen LogP contribution in [0.5, 0.6) is 0 Å². The van der Waals surface area contributed by atoms with Crippen molar-refractivity contribution in [3.05, 3.63) is 47.8 Å². The third-order valence-corrected chi connectivity index (χ3v) is 2.58. The maximum Gasteiger partial charge on any atom is 0.253 e. The van der Waals surface area contributed by atoms with E-state index in [4.69, 9.17) is 0 Å². The molecular formula is C13H16N4O. The van der Waals surface area contributed by atoms with Gasteiger partial charge in [0.05, 0.1) is 12.2 Å². The van der Waals surface area contributed by atoms with Crippen molar-refractivity contribution in [3.63, 3.8) is 0 Å². The third-order valence-electron chi connectivity index (χ3n) is 2.58. The second kappa shape index (κ2) is 5.35. The molecule has 94 valence electrons. The fourth-order valence-electron chi connectivity index (χ4n) is 1.57. The number of anilines is 1. The Balaban J connectivity index is 1.97. The Bertz CT molecular complexity index is 502. The number of carbonyl (C=O) groups excluding carboxylic acids is 1. The van der Waals surface area contributed by atoms with Crippen molar-refractivity contribution in [2.75, 3.05) is 19.4 Å². The van der Waals surface area contributed by atoms with Gasteiger partial charge >= 0.3 is 0 Å². The lowest BCUT2D eigenvalue weighted by atomic mass is 10.2. The van der Waals surface area contributed by atoms with Crippen LogP contribution in [-0.4, -0.2) is 35.1 Å². The molecule has 2 rings (SSSR count). The molecule has 0 spiro atoms. The quantitative estimate of drug-likeness (QED) is 0.861. The lowest BCUT2D eigenvalue weighted by Gasteiger charge is -2.11. The van der Waals surface area contributed by atoms with Crippen LogP contribution in [0.25, 0.3) is 0 Å². The monoisotopic (exact) mass is 244 g/mol. The van der Waals surface area contributed by atoms with E-state index < -0.39 is 0 Å². The summed E-state index contributed by atoms with van der Waals surface area (Å²) in [7, 11) is 3.49. The average Bonchev–Trinajstić information content (AvgIpc) is 2.89. The summed E-state index contributed by atoms with van der Waals surface area (Å²) in [6, 6.07) is 9.34. The summed E-state index contributed by atoms with van der Waals surface area (Å²) in [5.41, 5.74) is 2.68. The number of aromatic nitrogens is 2. The highest BCUT2D eigenvalue weighted by Crippen LogP contribution is 2.11. The molecule has 1 aromatic heterocycles. The fourth-order valence-corrected chi connectivity index (χ4v) is 1.57. The minimum absolute atomic E-state index is 0.00937.